The molecule has 1 fully saturated rings. The standard InChI is InChI=1S/C18H18FN3O2/c1-2-18(13-6-8-14(19)9-7-13)16(23)22(17(24)21-18)12-10-15-5-3-4-11-20-15/h3-9,11H,2,10,12H2,1H3,(H,21,24). The Hall–Kier alpha value is -2.76. The largest absolute Gasteiger partial charge is 0.325 e. The molecule has 3 rings (SSSR count). The molecule has 3 amide bonds. The molecule has 0 spiro atoms. The Bertz CT molecular complexity index is 749. The first-order valence-corrected chi connectivity index (χ1v) is 7.87. The zero-order valence-corrected chi connectivity index (χ0v) is 13.3. The van der Waals surface area contributed by atoms with Crippen LogP contribution in [0.5, 0.6) is 0 Å². The van der Waals surface area contributed by atoms with E-state index in [1.54, 1.807) is 18.3 Å². The highest BCUT2D eigenvalue weighted by atomic mass is 19.1. The van der Waals surface area contributed by atoms with Gasteiger partial charge in [0.2, 0.25) is 0 Å². The van der Waals surface area contributed by atoms with Crippen molar-refractivity contribution in [3.8, 4) is 0 Å². The summed E-state index contributed by atoms with van der Waals surface area (Å²) >= 11 is 0. The summed E-state index contributed by atoms with van der Waals surface area (Å²) in [6.07, 6.45) is 2.56. The van der Waals surface area contributed by atoms with E-state index in [4.69, 9.17) is 0 Å². The summed E-state index contributed by atoms with van der Waals surface area (Å²) in [5, 5.41) is 2.78. The third-order valence-corrected chi connectivity index (χ3v) is 4.36. The Labute approximate surface area is 139 Å². The van der Waals surface area contributed by atoms with Crippen LogP contribution in [-0.2, 0) is 16.8 Å². The number of carbonyl (C=O) groups is 2. The van der Waals surface area contributed by atoms with Gasteiger partial charge in [-0.1, -0.05) is 25.1 Å². The fraction of sp³-hybridized carbons (Fsp3) is 0.278. The van der Waals surface area contributed by atoms with Crippen LogP contribution in [0.4, 0.5) is 9.18 Å². The van der Waals surface area contributed by atoms with E-state index in [-0.39, 0.29) is 18.3 Å². The van der Waals surface area contributed by atoms with E-state index in [0.29, 0.717) is 18.4 Å². The molecular formula is C18H18FN3O2. The average molecular weight is 327 g/mol. The Morgan fingerprint density at radius 1 is 1.17 bits per heavy atom. The van der Waals surface area contributed by atoms with Crippen LogP contribution in [0, 0.1) is 5.82 Å². The first kappa shape index (κ1) is 16.1. The van der Waals surface area contributed by atoms with Crippen molar-refractivity contribution in [3.63, 3.8) is 0 Å². The number of nitrogens with zero attached hydrogens (tertiary/aromatic N) is 2. The van der Waals surface area contributed by atoms with Gasteiger partial charge in [-0.3, -0.25) is 14.7 Å². The number of pyridine rings is 1. The van der Waals surface area contributed by atoms with Crippen molar-refractivity contribution in [2.24, 2.45) is 0 Å². The van der Waals surface area contributed by atoms with Crippen LogP contribution in [0.2, 0.25) is 0 Å². The molecule has 1 aliphatic heterocycles. The zero-order valence-electron chi connectivity index (χ0n) is 13.3. The minimum Gasteiger partial charge on any atom is -0.319 e. The summed E-state index contributed by atoms with van der Waals surface area (Å²) in [4.78, 5) is 30.6. The minimum atomic E-state index is -1.13. The van der Waals surface area contributed by atoms with Gasteiger partial charge in [0.15, 0.2) is 0 Å². The van der Waals surface area contributed by atoms with Gasteiger partial charge in [0.1, 0.15) is 11.4 Å². The number of nitrogens with one attached hydrogen (secondary N) is 1. The molecule has 6 heteroatoms. The maximum absolute atomic E-state index is 13.2. The number of imide groups is 1. The normalized spacial score (nSPS) is 20.3. The molecular weight excluding hydrogens is 309 g/mol. The van der Waals surface area contributed by atoms with E-state index in [2.05, 4.69) is 10.3 Å². The van der Waals surface area contributed by atoms with Crippen LogP contribution < -0.4 is 5.32 Å². The van der Waals surface area contributed by atoms with Crippen LogP contribution >= 0.6 is 0 Å². The Morgan fingerprint density at radius 3 is 2.54 bits per heavy atom. The quantitative estimate of drug-likeness (QED) is 0.859. The molecule has 0 saturated carbocycles. The third-order valence-electron chi connectivity index (χ3n) is 4.36. The van der Waals surface area contributed by atoms with Gasteiger partial charge in [0.25, 0.3) is 5.91 Å². The van der Waals surface area contributed by atoms with Gasteiger partial charge in [0.05, 0.1) is 0 Å². The van der Waals surface area contributed by atoms with Crippen molar-refractivity contribution >= 4 is 11.9 Å². The van der Waals surface area contributed by atoms with Crippen molar-refractivity contribution in [1.82, 2.24) is 15.2 Å². The fourth-order valence-electron chi connectivity index (χ4n) is 2.98. The van der Waals surface area contributed by atoms with E-state index < -0.39 is 11.6 Å². The summed E-state index contributed by atoms with van der Waals surface area (Å²) < 4.78 is 13.2. The van der Waals surface area contributed by atoms with E-state index in [1.165, 1.54) is 17.0 Å². The van der Waals surface area contributed by atoms with Gasteiger partial charge >= 0.3 is 6.03 Å². The number of hydrogen-bond acceptors (Lipinski definition) is 3. The Kier molecular flexibility index (Phi) is 4.29. The lowest BCUT2D eigenvalue weighted by Gasteiger charge is -2.25. The highest BCUT2D eigenvalue weighted by Crippen LogP contribution is 2.32. The number of rotatable bonds is 5. The molecule has 1 atom stereocenters. The van der Waals surface area contributed by atoms with Gasteiger partial charge < -0.3 is 5.32 Å². The molecule has 1 aliphatic rings. The third kappa shape index (κ3) is 2.75. The predicted octanol–water partition coefficient (Wildman–Crippen LogP) is 2.62. The number of hydrogen-bond donors (Lipinski definition) is 1. The summed E-state index contributed by atoms with van der Waals surface area (Å²) in [6, 6.07) is 10.8. The molecule has 0 bridgehead atoms. The van der Waals surface area contributed by atoms with Crippen LogP contribution in [0.15, 0.2) is 48.7 Å². The lowest BCUT2D eigenvalue weighted by atomic mass is 9.87. The lowest BCUT2D eigenvalue weighted by molar-refractivity contribution is -0.131. The van der Waals surface area contributed by atoms with Crippen molar-refractivity contribution in [2.45, 2.75) is 25.3 Å². The van der Waals surface area contributed by atoms with Crippen molar-refractivity contribution < 1.29 is 14.0 Å². The molecule has 2 heterocycles. The Balaban J connectivity index is 1.82. The van der Waals surface area contributed by atoms with E-state index in [1.807, 2.05) is 25.1 Å². The second kappa shape index (κ2) is 6.39. The van der Waals surface area contributed by atoms with Crippen molar-refractivity contribution in [1.29, 1.82) is 0 Å². The number of halogens is 1. The molecule has 0 aliphatic carbocycles. The van der Waals surface area contributed by atoms with E-state index in [9.17, 15) is 14.0 Å². The van der Waals surface area contributed by atoms with Gasteiger partial charge in [-0.15, -0.1) is 0 Å². The monoisotopic (exact) mass is 327 g/mol. The first-order valence-electron chi connectivity index (χ1n) is 7.87. The highest BCUT2D eigenvalue weighted by Gasteiger charge is 2.50. The predicted molar refractivity (Wildman–Crippen MR) is 86.6 cm³/mol. The number of urea groups is 1. The topological polar surface area (TPSA) is 62.3 Å². The summed E-state index contributed by atoms with van der Waals surface area (Å²) in [6.45, 7) is 2.08. The van der Waals surface area contributed by atoms with Gasteiger partial charge in [-0.2, -0.15) is 0 Å². The number of benzene rings is 1. The molecule has 2 aromatic rings. The van der Waals surface area contributed by atoms with E-state index in [0.717, 1.165) is 5.69 Å². The summed E-state index contributed by atoms with van der Waals surface area (Å²) in [7, 11) is 0. The fourth-order valence-corrected chi connectivity index (χ4v) is 2.98. The maximum Gasteiger partial charge on any atom is 0.325 e. The second-order valence-corrected chi connectivity index (χ2v) is 5.72. The van der Waals surface area contributed by atoms with Crippen LogP contribution in [0.3, 0.4) is 0 Å². The van der Waals surface area contributed by atoms with E-state index >= 15 is 0 Å². The number of carbonyl (C=O) groups excluding carboxylic acids is 2. The molecule has 5 nitrogen and oxygen atoms in total. The van der Waals surface area contributed by atoms with Gasteiger partial charge in [-0.05, 0) is 36.2 Å². The Morgan fingerprint density at radius 2 is 1.92 bits per heavy atom. The number of aromatic nitrogens is 1. The average Bonchev–Trinajstić information content (AvgIpc) is 2.85. The SMILES string of the molecule is CCC1(c2ccc(F)cc2)NC(=O)N(CCc2ccccn2)C1=O. The van der Waals surface area contributed by atoms with Crippen LogP contribution in [-0.4, -0.2) is 28.4 Å². The molecule has 1 aromatic heterocycles. The molecule has 124 valence electrons. The van der Waals surface area contributed by atoms with Gasteiger partial charge in [-0.25, -0.2) is 9.18 Å². The smallest absolute Gasteiger partial charge is 0.319 e. The lowest BCUT2D eigenvalue weighted by Crippen LogP contribution is -2.43. The molecule has 24 heavy (non-hydrogen) atoms. The molecule has 1 unspecified atom stereocenters. The number of amides is 3. The van der Waals surface area contributed by atoms with Crippen LogP contribution in [0.1, 0.15) is 24.6 Å². The minimum absolute atomic E-state index is 0.255. The molecule has 1 aromatic carbocycles. The van der Waals surface area contributed by atoms with Crippen molar-refractivity contribution in [2.75, 3.05) is 6.54 Å². The molecule has 0 radical (unpaired) electrons. The zero-order chi connectivity index (χ0) is 17.2. The maximum atomic E-state index is 13.2. The van der Waals surface area contributed by atoms with Crippen LogP contribution in [0.25, 0.3) is 0 Å². The first-order chi connectivity index (χ1) is 11.6. The summed E-state index contributed by atoms with van der Waals surface area (Å²) in [5.41, 5.74) is 0.272. The highest BCUT2D eigenvalue weighted by molar-refractivity contribution is 6.07. The second-order valence-electron chi connectivity index (χ2n) is 5.72. The summed E-state index contributed by atoms with van der Waals surface area (Å²) in [5.74, 6) is -0.689. The molecule has 1 saturated heterocycles. The van der Waals surface area contributed by atoms with Crippen molar-refractivity contribution in [3.05, 3.63) is 65.7 Å². The molecule has 1 N–H and O–H groups in total. The van der Waals surface area contributed by atoms with Gasteiger partial charge in [0, 0.05) is 24.9 Å².